The minimum absolute atomic E-state index is 0.181. The van der Waals surface area contributed by atoms with Crippen molar-refractivity contribution in [3.63, 3.8) is 0 Å². The van der Waals surface area contributed by atoms with Crippen molar-refractivity contribution >= 4 is 29.7 Å². The van der Waals surface area contributed by atoms with Gasteiger partial charge in [0.15, 0.2) is 6.71 Å². The average molecular weight is 489 g/mol. The number of amides is 1. The Morgan fingerprint density at radius 3 is 2.61 bits per heavy atom. The van der Waals surface area contributed by atoms with Gasteiger partial charge >= 0.3 is 0 Å². The number of rotatable bonds is 8. The normalized spacial score (nSPS) is 15.5. The Bertz CT molecular complexity index is 1150. The van der Waals surface area contributed by atoms with Crippen molar-refractivity contribution in [1.82, 2.24) is 14.8 Å². The molecule has 6 heteroatoms. The molecule has 0 bridgehead atoms. The van der Waals surface area contributed by atoms with Gasteiger partial charge in [0, 0.05) is 56.2 Å². The van der Waals surface area contributed by atoms with Gasteiger partial charge in [0.05, 0.1) is 0 Å². The van der Waals surface area contributed by atoms with E-state index in [4.69, 9.17) is 0 Å². The highest BCUT2D eigenvalue weighted by molar-refractivity contribution is 6.72. The van der Waals surface area contributed by atoms with Crippen LogP contribution in [0, 0.1) is 19.7 Å². The summed E-state index contributed by atoms with van der Waals surface area (Å²) in [6.07, 6.45) is 9.50. The van der Waals surface area contributed by atoms with Crippen molar-refractivity contribution in [1.29, 1.82) is 0 Å². The van der Waals surface area contributed by atoms with Gasteiger partial charge in [-0.3, -0.25) is 14.7 Å². The zero-order valence-corrected chi connectivity index (χ0v) is 23.3. The molecule has 0 aliphatic carbocycles. The van der Waals surface area contributed by atoms with Crippen LogP contribution in [0.4, 0.5) is 4.39 Å². The minimum Gasteiger partial charge on any atom is -0.345 e. The number of hydrogen-bond donors (Lipinski definition) is 0. The van der Waals surface area contributed by atoms with Crippen molar-refractivity contribution in [2.75, 3.05) is 27.2 Å². The van der Waals surface area contributed by atoms with Gasteiger partial charge in [-0.05, 0) is 69.0 Å². The molecule has 192 valence electrons. The van der Waals surface area contributed by atoms with Crippen LogP contribution in [0.2, 0.25) is 13.1 Å². The zero-order valence-electron chi connectivity index (χ0n) is 23.3. The van der Waals surface area contributed by atoms with Gasteiger partial charge in [-0.1, -0.05) is 49.7 Å². The molecule has 1 aliphatic rings. The molecule has 0 saturated carbocycles. The smallest absolute Gasteiger partial charge is 0.253 e. The SMILES string of the molecule is CCCB(C)c1ccnc(C)c1/C=C(\C)C(C)N1CC=C(c2c(C)cc(C(=O)N(C)C)cc2F)CC1. The molecule has 1 unspecified atom stereocenters. The molecule has 0 saturated heterocycles. The van der Waals surface area contributed by atoms with E-state index < -0.39 is 0 Å². The number of pyridine rings is 1. The van der Waals surface area contributed by atoms with E-state index in [0.29, 0.717) is 17.8 Å². The third kappa shape index (κ3) is 6.15. The maximum Gasteiger partial charge on any atom is 0.253 e. The van der Waals surface area contributed by atoms with Gasteiger partial charge in [-0.15, -0.1) is 0 Å². The van der Waals surface area contributed by atoms with E-state index in [1.54, 1.807) is 20.2 Å². The molecular weight excluding hydrogens is 448 g/mol. The van der Waals surface area contributed by atoms with Gasteiger partial charge in [-0.25, -0.2) is 4.39 Å². The van der Waals surface area contributed by atoms with Crippen LogP contribution in [0.1, 0.15) is 66.4 Å². The lowest BCUT2D eigenvalue weighted by molar-refractivity contribution is 0.0827. The molecule has 2 heterocycles. The third-order valence-corrected chi connectivity index (χ3v) is 7.56. The van der Waals surface area contributed by atoms with Crippen LogP contribution in [-0.4, -0.2) is 60.6 Å². The molecule has 4 nitrogen and oxygen atoms in total. The first-order valence-electron chi connectivity index (χ1n) is 13.1. The van der Waals surface area contributed by atoms with Crippen LogP contribution in [-0.2, 0) is 0 Å². The first kappa shape index (κ1) is 27.9. The van der Waals surface area contributed by atoms with Gasteiger partial charge in [-0.2, -0.15) is 0 Å². The van der Waals surface area contributed by atoms with Crippen LogP contribution in [0.15, 0.2) is 36.0 Å². The number of halogens is 1. The highest BCUT2D eigenvalue weighted by atomic mass is 19.1. The van der Waals surface area contributed by atoms with Crippen LogP contribution in [0.5, 0.6) is 0 Å². The van der Waals surface area contributed by atoms with E-state index in [1.807, 2.05) is 13.1 Å². The standard InChI is InChI=1S/C30H41BFN3O/c1-9-13-31(6)27-10-14-33-22(4)26(27)18-20(2)23(5)35-15-11-24(12-16-35)29-21(3)17-25(19-28(29)32)30(36)34(7)8/h10-11,14,17-19,23H,9,12-13,15-16H2,1-8H3/b20-18+. The first-order chi connectivity index (χ1) is 17.0. The molecule has 3 rings (SSSR count). The molecule has 1 amide bonds. The lowest BCUT2D eigenvalue weighted by Gasteiger charge is -2.33. The minimum atomic E-state index is -0.315. The Labute approximate surface area is 217 Å². The summed E-state index contributed by atoms with van der Waals surface area (Å²) < 4.78 is 15.1. The van der Waals surface area contributed by atoms with Gasteiger partial charge < -0.3 is 4.90 Å². The molecule has 1 aromatic carbocycles. The fourth-order valence-electron chi connectivity index (χ4n) is 5.24. The summed E-state index contributed by atoms with van der Waals surface area (Å²) in [4.78, 5) is 20.8. The van der Waals surface area contributed by atoms with Crippen LogP contribution < -0.4 is 5.46 Å². The summed E-state index contributed by atoms with van der Waals surface area (Å²) in [5.41, 5.74) is 7.88. The Balaban J connectivity index is 1.80. The highest BCUT2D eigenvalue weighted by Gasteiger charge is 2.23. The molecule has 0 N–H and O–H groups in total. The molecule has 36 heavy (non-hydrogen) atoms. The van der Waals surface area contributed by atoms with Crippen molar-refractivity contribution in [2.24, 2.45) is 0 Å². The second-order valence-electron chi connectivity index (χ2n) is 10.5. The summed E-state index contributed by atoms with van der Waals surface area (Å²) in [6.45, 7) is 15.1. The van der Waals surface area contributed by atoms with Crippen molar-refractivity contribution in [3.05, 3.63) is 69.8 Å². The quantitative estimate of drug-likeness (QED) is 0.436. The average Bonchev–Trinajstić information content (AvgIpc) is 2.84. The maximum atomic E-state index is 15.1. The number of benzene rings is 1. The van der Waals surface area contributed by atoms with Crippen LogP contribution in [0.3, 0.4) is 0 Å². The van der Waals surface area contributed by atoms with Gasteiger partial charge in [0.2, 0.25) is 0 Å². The number of aryl methyl sites for hydroxylation is 2. The fraction of sp³-hybridized carbons (Fsp3) is 0.467. The molecule has 0 spiro atoms. The summed E-state index contributed by atoms with van der Waals surface area (Å²) in [7, 11) is 3.36. The third-order valence-electron chi connectivity index (χ3n) is 7.56. The monoisotopic (exact) mass is 489 g/mol. The van der Waals surface area contributed by atoms with Crippen molar-refractivity contribution in [2.45, 2.75) is 66.6 Å². The molecule has 0 radical (unpaired) electrons. The molecule has 1 aromatic heterocycles. The Morgan fingerprint density at radius 1 is 1.31 bits per heavy atom. The first-order valence-corrected chi connectivity index (χ1v) is 13.1. The second-order valence-corrected chi connectivity index (χ2v) is 10.5. The number of carbonyl (C=O) groups excluding carboxylic acids is 1. The Kier molecular flexibility index (Phi) is 9.29. The summed E-state index contributed by atoms with van der Waals surface area (Å²) in [6, 6.07) is 5.61. The van der Waals surface area contributed by atoms with E-state index in [1.165, 1.54) is 33.9 Å². The van der Waals surface area contributed by atoms with E-state index in [9.17, 15) is 4.79 Å². The number of carbonyl (C=O) groups is 1. The van der Waals surface area contributed by atoms with Crippen molar-refractivity contribution < 1.29 is 9.18 Å². The van der Waals surface area contributed by atoms with E-state index >= 15 is 4.39 Å². The molecule has 1 aliphatic heterocycles. The lowest BCUT2D eigenvalue weighted by atomic mass is 9.43. The number of nitrogens with zero attached hydrogens (tertiary/aromatic N) is 3. The van der Waals surface area contributed by atoms with E-state index in [2.05, 4.69) is 62.6 Å². The Hall–Kier alpha value is -2.73. The van der Waals surface area contributed by atoms with Crippen LogP contribution >= 0.6 is 0 Å². The lowest BCUT2D eigenvalue weighted by Crippen LogP contribution is -2.37. The maximum absolute atomic E-state index is 15.1. The summed E-state index contributed by atoms with van der Waals surface area (Å²) in [5, 5.41) is 0. The number of hydrogen-bond acceptors (Lipinski definition) is 3. The topological polar surface area (TPSA) is 36.4 Å². The predicted octanol–water partition coefficient (Wildman–Crippen LogP) is 5.86. The molecule has 0 fully saturated rings. The van der Waals surface area contributed by atoms with Crippen molar-refractivity contribution in [3.8, 4) is 0 Å². The molecule has 2 aromatic rings. The zero-order chi connectivity index (χ0) is 26.6. The van der Waals surface area contributed by atoms with Crippen LogP contribution in [0.25, 0.3) is 11.6 Å². The predicted molar refractivity (Wildman–Crippen MR) is 152 cm³/mol. The number of aromatic nitrogens is 1. The van der Waals surface area contributed by atoms with E-state index in [0.717, 1.165) is 42.8 Å². The van der Waals surface area contributed by atoms with E-state index in [-0.39, 0.29) is 17.8 Å². The summed E-state index contributed by atoms with van der Waals surface area (Å²) >= 11 is 0. The molecule has 1 atom stereocenters. The van der Waals surface area contributed by atoms with Gasteiger partial charge in [0.25, 0.3) is 5.91 Å². The largest absolute Gasteiger partial charge is 0.345 e. The Morgan fingerprint density at radius 2 is 2.03 bits per heavy atom. The fourth-order valence-corrected chi connectivity index (χ4v) is 5.24. The summed E-state index contributed by atoms with van der Waals surface area (Å²) in [5.74, 6) is -0.496. The molecular formula is C30H41BFN3O. The highest BCUT2D eigenvalue weighted by Crippen LogP contribution is 2.30. The van der Waals surface area contributed by atoms with Gasteiger partial charge in [0.1, 0.15) is 5.82 Å². The second kappa shape index (κ2) is 12.0.